The molecule has 1 aromatic heterocycles. The highest BCUT2D eigenvalue weighted by molar-refractivity contribution is 5.90. The molecule has 2 aromatic rings. The van der Waals surface area contributed by atoms with Crippen LogP contribution in [0, 0.1) is 5.92 Å². The van der Waals surface area contributed by atoms with Crippen LogP contribution in [0.2, 0.25) is 0 Å². The summed E-state index contributed by atoms with van der Waals surface area (Å²) in [6.07, 6.45) is 1.28. The van der Waals surface area contributed by atoms with Crippen LogP contribution in [0.5, 0.6) is 0 Å². The Morgan fingerprint density at radius 1 is 1.30 bits per heavy atom. The van der Waals surface area contributed by atoms with E-state index in [1.165, 1.54) is 0 Å². The number of H-pyrrole nitrogens is 1. The van der Waals surface area contributed by atoms with Crippen LogP contribution in [0.15, 0.2) is 30.5 Å². The topological polar surface area (TPSA) is 108 Å². The first-order chi connectivity index (χ1) is 10.9. The van der Waals surface area contributed by atoms with Gasteiger partial charge in [0.2, 0.25) is 11.8 Å². The average molecular weight is 317 g/mol. The normalized spacial score (nSPS) is 13.9. The summed E-state index contributed by atoms with van der Waals surface area (Å²) in [4.78, 5) is 26.8. The van der Waals surface area contributed by atoms with Gasteiger partial charge in [-0.15, -0.1) is 0 Å². The van der Waals surface area contributed by atoms with E-state index in [2.05, 4.69) is 10.3 Å². The molecule has 0 fully saturated rings. The van der Waals surface area contributed by atoms with Crippen molar-refractivity contribution in [2.75, 3.05) is 0 Å². The molecule has 2 rings (SSSR count). The Bertz CT molecular complexity index is 693. The van der Waals surface area contributed by atoms with E-state index in [0.29, 0.717) is 6.42 Å². The van der Waals surface area contributed by atoms with E-state index >= 15 is 0 Å². The number of fused-ring (bicyclic) bond motifs is 1. The lowest BCUT2D eigenvalue weighted by atomic mass is 10.0. The molecule has 6 nitrogen and oxygen atoms in total. The van der Waals surface area contributed by atoms with Gasteiger partial charge in [-0.1, -0.05) is 32.0 Å². The quantitative estimate of drug-likeness (QED) is 0.614. The van der Waals surface area contributed by atoms with E-state index in [1.807, 2.05) is 38.1 Å². The number of primary amides is 1. The summed E-state index contributed by atoms with van der Waals surface area (Å²) in [6, 6.07) is 6.84. The molecule has 1 heterocycles. The van der Waals surface area contributed by atoms with E-state index in [4.69, 9.17) is 5.73 Å². The van der Waals surface area contributed by atoms with Crippen molar-refractivity contribution in [2.24, 2.45) is 11.7 Å². The first kappa shape index (κ1) is 17.0. The SMILES string of the molecule is CC(C)C[C@H](O)C(=O)N[C@H](Cc1c[nH]c2ccccc12)C(N)=O. The highest BCUT2D eigenvalue weighted by Crippen LogP contribution is 2.19. The zero-order chi connectivity index (χ0) is 17.0. The Balaban J connectivity index is 2.10. The van der Waals surface area contributed by atoms with Crippen LogP contribution in [-0.2, 0) is 16.0 Å². The van der Waals surface area contributed by atoms with Crippen molar-refractivity contribution < 1.29 is 14.7 Å². The van der Waals surface area contributed by atoms with Gasteiger partial charge in [0.15, 0.2) is 0 Å². The lowest BCUT2D eigenvalue weighted by Gasteiger charge is -2.18. The molecule has 0 saturated heterocycles. The van der Waals surface area contributed by atoms with Gasteiger partial charge in [-0.05, 0) is 24.0 Å². The summed E-state index contributed by atoms with van der Waals surface area (Å²) in [5.74, 6) is -1.01. The molecule has 6 heteroatoms. The molecule has 0 saturated carbocycles. The van der Waals surface area contributed by atoms with E-state index < -0.39 is 24.0 Å². The summed E-state index contributed by atoms with van der Waals surface area (Å²) < 4.78 is 0. The van der Waals surface area contributed by atoms with Crippen molar-refractivity contribution in [1.82, 2.24) is 10.3 Å². The number of hydrogen-bond donors (Lipinski definition) is 4. The maximum atomic E-state index is 12.0. The van der Waals surface area contributed by atoms with E-state index in [-0.39, 0.29) is 12.3 Å². The van der Waals surface area contributed by atoms with E-state index in [9.17, 15) is 14.7 Å². The summed E-state index contributed by atoms with van der Waals surface area (Å²) in [6.45, 7) is 3.82. The highest BCUT2D eigenvalue weighted by atomic mass is 16.3. The second-order valence-corrected chi connectivity index (χ2v) is 6.17. The minimum Gasteiger partial charge on any atom is -0.383 e. The zero-order valence-electron chi connectivity index (χ0n) is 13.4. The summed E-state index contributed by atoms with van der Waals surface area (Å²) in [5.41, 5.74) is 7.25. The average Bonchev–Trinajstić information content (AvgIpc) is 2.89. The molecule has 1 aromatic carbocycles. The molecule has 0 aliphatic carbocycles. The number of carbonyl (C=O) groups is 2. The number of aliphatic hydroxyl groups is 1. The number of amides is 2. The molecule has 0 aliphatic rings. The molecule has 0 unspecified atom stereocenters. The van der Waals surface area contributed by atoms with Gasteiger partial charge in [-0.2, -0.15) is 0 Å². The minimum atomic E-state index is -1.14. The Kier molecular flexibility index (Phi) is 5.39. The van der Waals surface area contributed by atoms with Gasteiger partial charge in [0, 0.05) is 23.5 Å². The molecule has 0 aliphatic heterocycles. The fraction of sp³-hybridized carbons (Fsp3) is 0.412. The second-order valence-electron chi connectivity index (χ2n) is 6.17. The van der Waals surface area contributed by atoms with E-state index in [1.54, 1.807) is 6.20 Å². The number of benzene rings is 1. The fourth-order valence-corrected chi connectivity index (χ4v) is 2.56. The first-order valence-corrected chi connectivity index (χ1v) is 7.71. The van der Waals surface area contributed by atoms with Gasteiger partial charge in [0.25, 0.3) is 0 Å². The number of aliphatic hydroxyl groups excluding tert-OH is 1. The minimum absolute atomic E-state index is 0.177. The Labute approximate surface area is 135 Å². The van der Waals surface area contributed by atoms with Crippen molar-refractivity contribution in [3.8, 4) is 0 Å². The smallest absolute Gasteiger partial charge is 0.249 e. The van der Waals surface area contributed by atoms with Crippen molar-refractivity contribution in [1.29, 1.82) is 0 Å². The summed E-state index contributed by atoms with van der Waals surface area (Å²) in [7, 11) is 0. The van der Waals surface area contributed by atoms with Gasteiger partial charge >= 0.3 is 0 Å². The number of para-hydroxylation sites is 1. The number of carbonyl (C=O) groups excluding carboxylic acids is 2. The zero-order valence-corrected chi connectivity index (χ0v) is 13.4. The van der Waals surface area contributed by atoms with Crippen molar-refractivity contribution in [3.63, 3.8) is 0 Å². The number of rotatable bonds is 7. The lowest BCUT2D eigenvalue weighted by molar-refractivity contribution is -0.133. The van der Waals surface area contributed by atoms with E-state index in [0.717, 1.165) is 16.5 Å². The predicted octanol–water partition coefficient (Wildman–Crippen LogP) is 1.09. The van der Waals surface area contributed by atoms with Crippen molar-refractivity contribution in [2.45, 2.75) is 38.8 Å². The second kappa shape index (κ2) is 7.28. The molecule has 124 valence electrons. The number of aromatic nitrogens is 1. The predicted molar refractivity (Wildman–Crippen MR) is 88.6 cm³/mol. The van der Waals surface area contributed by atoms with Gasteiger partial charge < -0.3 is 21.1 Å². The van der Waals surface area contributed by atoms with Crippen LogP contribution in [0.1, 0.15) is 25.8 Å². The van der Waals surface area contributed by atoms with Gasteiger partial charge in [0.05, 0.1) is 0 Å². The summed E-state index contributed by atoms with van der Waals surface area (Å²) >= 11 is 0. The van der Waals surface area contributed by atoms with Crippen molar-refractivity contribution in [3.05, 3.63) is 36.0 Å². The highest BCUT2D eigenvalue weighted by Gasteiger charge is 2.24. The van der Waals surface area contributed by atoms with Crippen LogP contribution in [0.25, 0.3) is 10.9 Å². The number of hydrogen-bond acceptors (Lipinski definition) is 3. The molecular weight excluding hydrogens is 294 g/mol. The molecule has 23 heavy (non-hydrogen) atoms. The molecule has 2 atom stereocenters. The molecular formula is C17H23N3O3. The standard InChI is InChI=1S/C17H23N3O3/c1-10(2)7-15(21)17(23)20-14(16(18)22)8-11-9-19-13-6-4-3-5-12(11)13/h3-6,9-10,14-15,19,21H,7-8H2,1-2H3,(H2,18,22)(H,20,23)/t14-,15+/m1/s1. The third-order valence-corrected chi connectivity index (χ3v) is 3.76. The van der Waals surface area contributed by atoms with Gasteiger partial charge in [-0.25, -0.2) is 0 Å². The van der Waals surface area contributed by atoms with Crippen LogP contribution < -0.4 is 11.1 Å². The fourth-order valence-electron chi connectivity index (χ4n) is 2.56. The number of nitrogens with one attached hydrogen (secondary N) is 2. The van der Waals surface area contributed by atoms with Crippen LogP contribution >= 0.6 is 0 Å². The Morgan fingerprint density at radius 2 is 2.00 bits per heavy atom. The van der Waals surface area contributed by atoms with Crippen LogP contribution in [0.4, 0.5) is 0 Å². The maximum absolute atomic E-state index is 12.0. The third-order valence-electron chi connectivity index (χ3n) is 3.76. The molecule has 5 N–H and O–H groups in total. The largest absolute Gasteiger partial charge is 0.383 e. The molecule has 0 spiro atoms. The molecule has 0 radical (unpaired) electrons. The van der Waals surface area contributed by atoms with Crippen molar-refractivity contribution >= 4 is 22.7 Å². The number of aromatic amines is 1. The van der Waals surface area contributed by atoms with Crippen LogP contribution in [-0.4, -0.2) is 34.1 Å². The van der Waals surface area contributed by atoms with Crippen LogP contribution in [0.3, 0.4) is 0 Å². The Hall–Kier alpha value is -2.34. The monoisotopic (exact) mass is 317 g/mol. The van der Waals surface area contributed by atoms with Gasteiger partial charge in [-0.3, -0.25) is 9.59 Å². The molecule has 2 amide bonds. The Morgan fingerprint density at radius 3 is 2.65 bits per heavy atom. The maximum Gasteiger partial charge on any atom is 0.249 e. The lowest BCUT2D eigenvalue weighted by Crippen LogP contribution is -2.49. The number of nitrogens with two attached hydrogens (primary N) is 1. The molecule has 0 bridgehead atoms. The third kappa shape index (κ3) is 4.32. The first-order valence-electron chi connectivity index (χ1n) is 7.71. The summed E-state index contributed by atoms with van der Waals surface area (Å²) in [5, 5.41) is 13.4. The van der Waals surface area contributed by atoms with Gasteiger partial charge in [0.1, 0.15) is 12.1 Å².